The molecule has 0 amide bonds. The first-order chi connectivity index (χ1) is 12.0. The fourth-order valence-electron chi connectivity index (χ4n) is 3.07. The molecule has 0 aromatic heterocycles. The summed E-state index contributed by atoms with van der Waals surface area (Å²) in [6.45, 7) is 1.40. The van der Waals surface area contributed by atoms with Crippen molar-refractivity contribution in [3.63, 3.8) is 0 Å². The number of aliphatic hydroxyl groups is 1. The first-order valence-electron chi connectivity index (χ1n) is 8.19. The quantitative estimate of drug-likeness (QED) is 0.730. The normalized spacial score (nSPS) is 16.4. The maximum absolute atomic E-state index is 11.0. The Morgan fingerprint density at radius 2 is 1.80 bits per heavy atom. The second-order valence-corrected chi connectivity index (χ2v) is 7.46. The summed E-state index contributed by atoms with van der Waals surface area (Å²) >= 11 is 8.98. The summed E-state index contributed by atoms with van der Waals surface area (Å²) in [5.74, 6) is 0.758. The van der Waals surface area contributed by atoms with Crippen molar-refractivity contribution in [2.45, 2.75) is 18.4 Å². The molecule has 1 saturated heterocycles. The molecular weight excluding hydrogens is 400 g/mol. The molecule has 0 saturated carbocycles. The number of ether oxygens (including phenoxy) is 1. The monoisotopic (exact) mass is 420 g/mol. The predicted octanol–water partition coefficient (Wildman–Crippen LogP) is 4.14. The van der Waals surface area contributed by atoms with Crippen LogP contribution in [0.3, 0.4) is 0 Å². The Hall–Kier alpha value is -1.63. The van der Waals surface area contributed by atoms with Crippen molar-refractivity contribution in [1.82, 2.24) is 4.90 Å². The van der Waals surface area contributed by atoms with Crippen molar-refractivity contribution < 1.29 is 9.84 Å². The Morgan fingerprint density at radius 1 is 1.16 bits per heavy atom. The summed E-state index contributed by atoms with van der Waals surface area (Å²) in [4.78, 5) is 2.09. The number of para-hydroxylation sites is 2. The van der Waals surface area contributed by atoms with E-state index in [1.807, 2.05) is 48.5 Å². The third kappa shape index (κ3) is 4.14. The van der Waals surface area contributed by atoms with Crippen LogP contribution in [-0.2, 0) is 5.60 Å². The molecule has 1 fully saturated rings. The van der Waals surface area contributed by atoms with Crippen molar-refractivity contribution in [3.05, 3.63) is 58.6 Å². The molecule has 2 N–H and O–H groups in total. The van der Waals surface area contributed by atoms with E-state index in [9.17, 15) is 5.11 Å². The number of likely N-dealkylation sites (tertiary alicyclic amines) is 1. The summed E-state index contributed by atoms with van der Waals surface area (Å²) in [5, 5.41) is 14.9. The zero-order valence-electron chi connectivity index (χ0n) is 14.0. The molecule has 0 aliphatic carbocycles. The van der Waals surface area contributed by atoms with Gasteiger partial charge in [-0.15, -0.1) is 0 Å². The van der Waals surface area contributed by atoms with Crippen LogP contribution in [0.4, 0.5) is 5.69 Å². The van der Waals surface area contributed by atoms with E-state index in [-0.39, 0.29) is 0 Å². The number of rotatable bonds is 3. The van der Waals surface area contributed by atoms with Gasteiger partial charge in [-0.05, 0) is 54.9 Å². The molecule has 4 nitrogen and oxygen atoms in total. The van der Waals surface area contributed by atoms with Gasteiger partial charge in [-0.2, -0.15) is 0 Å². The summed E-state index contributed by atoms with van der Waals surface area (Å²) in [6, 6.07) is 15.6. The van der Waals surface area contributed by atoms with E-state index in [0.717, 1.165) is 21.5 Å². The maximum Gasteiger partial charge on any atom is 0.173 e. The van der Waals surface area contributed by atoms with E-state index in [0.29, 0.717) is 31.0 Å². The third-order valence-corrected chi connectivity index (χ3v) is 5.50. The number of hydrogen-bond donors (Lipinski definition) is 2. The standard InChI is InChI=1S/C19H21BrN2O2S/c1-24-17-5-3-2-4-16(17)21-18(25)22-12-10-19(23,11-13-22)14-6-8-15(20)9-7-14/h2-9,23H,10-13H2,1H3,(H,21,25). The highest BCUT2D eigenvalue weighted by molar-refractivity contribution is 9.10. The second kappa shape index (κ2) is 7.72. The number of nitrogens with one attached hydrogen (secondary N) is 1. The van der Waals surface area contributed by atoms with Crippen molar-refractivity contribution in [1.29, 1.82) is 0 Å². The molecule has 0 radical (unpaired) electrons. The van der Waals surface area contributed by atoms with Crippen LogP contribution in [0.15, 0.2) is 53.0 Å². The predicted molar refractivity (Wildman–Crippen MR) is 108 cm³/mol. The maximum atomic E-state index is 11.0. The Morgan fingerprint density at radius 3 is 2.44 bits per heavy atom. The number of hydrogen-bond acceptors (Lipinski definition) is 3. The fourth-order valence-corrected chi connectivity index (χ4v) is 3.63. The lowest BCUT2D eigenvalue weighted by atomic mass is 9.84. The molecule has 0 atom stereocenters. The number of anilines is 1. The molecule has 25 heavy (non-hydrogen) atoms. The van der Waals surface area contributed by atoms with Gasteiger partial charge in [0.2, 0.25) is 0 Å². The Kier molecular flexibility index (Phi) is 5.61. The van der Waals surface area contributed by atoms with Gasteiger partial charge in [-0.1, -0.05) is 40.2 Å². The zero-order chi connectivity index (χ0) is 17.9. The molecule has 2 aromatic carbocycles. The van der Waals surface area contributed by atoms with Gasteiger partial charge >= 0.3 is 0 Å². The molecule has 132 valence electrons. The molecule has 2 aromatic rings. The van der Waals surface area contributed by atoms with Gasteiger partial charge < -0.3 is 20.1 Å². The smallest absolute Gasteiger partial charge is 0.173 e. The van der Waals surface area contributed by atoms with Crippen LogP contribution in [0, 0.1) is 0 Å². The van der Waals surface area contributed by atoms with Crippen LogP contribution < -0.4 is 10.1 Å². The van der Waals surface area contributed by atoms with Crippen LogP contribution in [0.5, 0.6) is 5.75 Å². The summed E-state index contributed by atoms with van der Waals surface area (Å²) in [5.41, 5.74) is 1.01. The molecule has 0 spiro atoms. The molecule has 1 heterocycles. The zero-order valence-corrected chi connectivity index (χ0v) is 16.4. The van der Waals surface area contributed by atoms with Gasteiger partial charge in [0.1, 0.15) is 5.75 Å². The van der Waals surface area contributed by atoms with E-state index in [1.165, 1.54) is 0 Å². The van der Waals surface area contributed by atoms with Crippen molar-refractivity contribution in [2.75, 3.05) is 25.5 Å². The summed E-state index contributed by atoms with van der Waals surface area (Å²) < 4.78 is 6.36. The largest absolute Gasteiger partial charge is 0.495 e. The van der Waals surface area contributed by atoms with Crippen LogP contribution in [0.2, 0.25) is 0 Å². The van der Waals surface area contributed by atoms with Crippen LogP contribution in [0.25, 0.3) is 0 Å². The van der Waals surface area contributed by atoms with Crippen molar-refractivity contribution in [2.24, 2.45) is 0 Å². The summed E-state index contributed by atoms with van der Waals surface area (Å²) in [7, 11) is 1.64. The van der Waals surface area contributed by atoms with E-state index < -0.39 is 5.60 Å². The minimum atomic E-state index is -0.794. The van der Waals surface area contributed by atoms with E-state index >= 15 is 0 Å². The van der Waals surface area contributed by atoms with Gasteiger partial charge in [0, 0.05) is 17.6 Å². The minimum absolute atomic E-state index is 0.641. The Labute approximate surface area is 161 Å². The van der Waals surface area contributed by atoms with Crippen molar-refractivity contribution >= 4 is 38.9 Å². The van der Waals surface area contributed by atoms with Crippen molar-refractivity contribution in [3.8, 4) is 5.75 Å². The van der Waals surface area contributed by atoms with Gasteiger partial charge in [0.15, 0.2) is 5.11 Å². The summed E-state index contributed by atoms with van der Waals surface area (Å²) in [6.07, 6.45) is 1.28. The van der Waals surface area contributed by atoms with Crippen LogP contribution in [0.1, 0.15) is 18.4 Å². The number of thiocarbonyl (C=S) groups is 1. The number of halogens is 1. The molecule has 0 unspecified atom stereocenters. The van der Waals surface area contributed by atoms with Gasteiger partial charge in [-0.25, -0.2) is 0 Å². The lowest BCUT2D eigenvalue weighted by Crippen LogP contribution is -2.46. The molecule has 0 bridgehead atoms. The highest BCUT2D eigenvalue weighted by Gasteiger charge is 2.34. The van der Waals surface area contributed by atoms with E-state index in [1.54, 1.807) is 7.11 Å². The van der Waals surface area contributed by atoms with Gasteiger partial charge in [-0.3, -0.25) is 0 Å². The van der Waals surface area contributed by atoms with Gasteiger partial charge in [0.25, 0.3) is 0 Å². The molecule has 6 heteroatoms. The number of methoxy groups -OCH3 is 1. The lowest BCUT2D eigenvalue weighted by Gasteiger charge is -2.39. The first kappa shape index (κ1) is 18.2. The molecule has 3 rings (SSSR count). The Balaban J connectivity index is 1.63. The van der Waals surface area contributed by atoms with E-state index in [4.69, 9.17) is 17.0 Å². The number of nitrogens with zero attached hydrogens (tertiary/aromatic N) is 1. The molecule has 1 aliphatic rings. The third-order valence-electron chi connectivity index (χ3n) is 4.61. The Bertz CT molecular complexity index is 743. The average Bonchev–Trinajstić information content (AvgIpc) is 2.63. The number of piperidine rings is 1. The second-order valence-electron chi connectivity index (χ2n) is 6.16. The van der Waals surface area contributed by atoms with E-state index in [2.05, 4.69) is 26.1 Å². The first-order valence-corrected chi connectivity index (χ1v) is 9.39. The average molecular weight is 421 g/mol. The highest BCUT2D eigenvalue weighted by Crippen LogP contribution is 2.34. The minimum Gasteiger partial charge on any atom is -0.495 e. The molecular formula is C19H21BrN2O2S. The topological polar surface area (TPSA) is 44.7 Å². The number of benzene rings is 2. The molecule has 1 aliphatic heterocycles. The fraction of sp³-hybridized carbons (Fsp3) is 0.316. The van der Waals surface area contributed by atoms with Crippen LogP contribution >= 0.6 is 28.1 Å². The SMILES string of the molecule is COc1ccccc1NC(=S)N1CCC(O)(c2ccc(Br)cc2)CC1. The van der Waals surface area contributed by atoms with Crippen LogP contribution in [-0.4, -0.2) is 35.3 Å². The van der Waals surface area contributed by atoms with Gasteiger partial charge in [0.05, 0.1) is 18.4 Å². The highest BCUT2D eigenvalue weighted by atomic mass is 79.9. The lowest BCUT2D eigenvalue weighted by molar-refractivity contribution is -0.0117.